The van der Waals surface area contributed by atoms with E-state index in [1.807, 2.05) is 0 Å². The van der Waals surface area contributed by atoms with Crippen molar-refractivity contribution in [1.29, 1.82) is 0 Å². The first kappa shape index (κ1) is 16.8. The van der Waals surface area contributed by atoms with E-state index in [2.05, 4.69) is 0 Å². The number of halogens is 3. The molecule has 26 heavy (non-hydrogen) atoms. The SMILES string of the molecule is Cc1c(Oc2ccc3c(c2)OC2C(C(=O)O)C32)ccc(C(F)(F)F)c1C. The summed E-state index contributed by atoms with van der Waals surface area (Å²) in [5.41, 5.74) is 0.683. The van der Waals surface area contributed by atoms with Gasteiger partial charge in [-0.05, 0) is 43.2 Å². The van der Waals surface area contributed by atoms with Crippen LogP contribution in [0, 0.1) is 19.8 Å². The van der Waals surface area contributed by atoms with Gasteiger partial charge >= 0.3 is 12.1 Å². The van der Waals surface area contributed by atoms with E-state index in [0.717, 1.165) is 11.6 Å². The lowest BCUT2D eigenvalue weighted by molar-refractivity contribution is -0.139. The van der Waals surface area contributed by atoms with E-state index in [1.165, 1.54) is 13.0 Å². The predicted molar refractivity (Wildman–Crippen MR) is 85.7 cm³/mol. The Hall–Kier alpha value is -2.70. The van der Waals surface area contributed by atoms with Crippen molar-refractivity contribution in [3.63, 3.8) is 0 Å². The zero-order valence-corrected chi connectivity index (χ0v) is 13.9. The third-order valence-electron chi connectivity index (χ3n) is 5.12. The van der Waals surface area contributed by atoms with Crippen LogP contribution in [0.2, 0.25) is 0 Å². The first-order valence-corrected chi connectivity index (χ1v) is 8.07. The highest BCUT2D eigenvalue weighted by Gasteiger charge is 2.63. The number of hydrogen-bond acceptors (Lipinski definition) is 3. The van der Waals surface area contributed by atoms with Gasteiger partial charge in [0.05, 0.1) is 5.56 Å². The third kappa shape index (κ3) is 2.50. The van der Waals surface area contributed by atoms with Gasteiger partial charge in [-0.25, -0.2) is 0 Å². The highest BCUT2D eigenvalue weighted by molar-refractivity contribution is 5.79. The minimum absolute atomic E-state index is 0.123. The summed E-state index contributed by atoms with van der Waals surface area (Å²) in [6.45, 7) is 2.99. The number of benzene rings is 2. The van der Waals surface area contributed by atoms with E-state index in [1.54, 1.807) is 25.1 Å². The summed E-state index contributed by atoms with van der Waals surface area (Å²) in [7, 11) is 0. The standard InChI is InChI=1S/C19H15F3O4/c1-8-9(2)13(6-5-12(8)19(20,21)22)25-10-3-4-11-14(7-10)26-17-15(11)16(17)18(23)24/h3-7,15-17H,1-2H3,(H,23,24). The van der Waals surface area contributed by atoms with Crippen molar-refractivity contribution in [2.24, 2.45) is 5.92 Å². The molecule has 4 nitrogen and oxygen atoms in total. The largest absolute Gasteiger partial charge is 0.488 e. The van der Waals surface area contributed by atoms with Crippen LogP contribution in [0.3, 0.4) is 0 Å². The van der Waals surface area contributed by atoms with Crippen LogP contribution >= 0.6 is 0 Å². The Labute approximate surface area is 147 Å². The van der Waals surface area contributed by atoms with Gasteiger partial charge in [-0.3, -0.25) is 4.79 Å². The molecule has 3 atom stereocenters. The predicted octanol–water partition coefficient (Wildman–Crippen LogP) is 4.67. The van der Waals surface area contributed by atoms with E-state index < -0.39 is 23.6 Å². The van der Waals surface area contributed by atoms with Crippen LogP contribution in [0.25, 0.3) is 0 Å². The lowest BCUT2D eigenvalue weighted by Crippen LogP contribution is -2.09. The molecule has 0 bridgehead atoms. The number of fused-ring (bicyclic) bond motifs is 3. The summed E-state index contributed by atoms with van der Waals surface area (Å²) in [4.78, 5) is 11.1. The zero-order chi connectivity index (χ0) is 18.8. The van der Waals surface area contributed by atoms with Crippen molar-refractivity contribution < 1.29 is 32.5 Å². The Morgan fingerprint density at radius 3 is 2.54 bits per heavy atom. The maximum Gasteiger partial charge on any atom is 0.416 e. The normalized spacial score (nSPS) is 23.0. The molecule has 1 heterocycles. The van der Waals surface area contributed by atoms with Crippen LogP contribution in [-0.4, -0.2) is 17.2 Å². The fourth-order valence-electron chi connectivity index (χ4n) is 3.54. The third-order valence-corrected chi connectivity index (χ3v) is 5.12. The molecule has 4 rings (SSSR count). The minimum atomic E-state index is -4.41. The van der Waals surface area contributed by atoms with Gasteiger partial charge in [0, 0.05) is 17.5 Å². The van der Waals surface area contributed by atoms with Gasteiger partial charge < -0.3 is 14.6 Å². The van der Waals surface area contributed by atoms with E-state index >= 15 is 0 Å². The van der Waals surface area contributed by atoms with Gasteiger partial charge in [0.25, 0.3) is 0 Å². The summed E-state index contributed by atoms with van der Waals surface area (Å²) in [6, 6.07) is 7.39. The maximum absolute atomic E-state index is 13.0. The molecule has 1 aliphatic carbocycles. The number of rotatable bonds is 3. The Bertz CT molecular complexity index is 920. The molecule has 1 aliphatic heterocycles. The van der Waals surface area contributed by atoms with Crippen LogP contribution in [0.15, 0.2) is 30.3 Å². The Kier molecular flexibility index (Phi) is 3.48. The zero-order valence-electron chi connectivity index (χ0n) is 13.9. The lowest BCUT2D eigenvalue weighted by Gasteiger charge is -2.16. The Balaban J connectivity index is 1.58. The molecule has 2 aromatic carbocycles. The number of carboxylic acid groups (broad SMARTS) is 1. The number of aliphatic carboxylic acids is 1. The average Bonchev–Trinajstić information content (AvgIpc) is 3.14. The van der Waals surface area contributed by atoms with Gasteiger partial charge in [0.15, 0.2) is 0 Å². The highest BCUT2D eigenvalue weighted by atomic mass is 19.4. The van der Waals surface area contributed by atoms with Crippen LogP contribution < -0.4 is 9.47 Å². The maximum atomic E-state index is 13.0. The molecule has 1 N–H and O–H groups in total. The van der Waals surface area contributed by atoms with Crippen molar-refractivity contribution >= 4 is 5.97 Å². The van der Waals surface area contributed by atoms with Crippen molar-refractivity contribution in [3.05, 3.63) is 52.6 Å². The molecular weight excluding hydrogens is 349 g/mol. The molecule has 0 aromatic heterocycles. The molecule has 2 aromatic rings. The van der Waals surface area contributed by atoms with Gasteiger partial charge in [-0.1, -0.05) is 6.07 Å². The number of alkyl halides is 3. The van der Waals surface area contributed by atoms with Gasteiger partial charge in [-0.2, -0.15) is 13.2 Å². The van der Waals surface area contributed by atoms with Crippen molar-refractivity contribution in [3.8, 4) is 17.2 Å². The smallest absolute Gasteiger partial charge is 0.416 e. The van der Waals surface area contributed by atoms with Gasteiger partial charge in [-0.15, -0.1) is 0 Å². The second-order valence-electron chi connectivity index (χ2n) is 6.63. The molecule has 136 valence electrons. The van der Waals surface area contributed by atoms with E-state index in [9.17, 15) is 18.0 Å². The van der Waals surface area contributed by atoms with Gasteiger partial charge in [0.1, 0.15) is 29.3 Å². The number of ether oxygens (including phenoxy) is 2. The monoisotopic (exact) mass is 364 g/mol. The molecule has 0 radical (unpaired) electrons. The number of carbonyl (C=O) groups is 1. The van der Waals surface area contributed by atoms with Gasteiger partial charge in [0.2, 0.25) is 0 Å². The summed E-state index contributed by atoms with van der Waals surface area (Å²) >= 11 is 0. The first-order valence-electron chi connectivity index (χ1n) is 8.07. The van der Waals surface area contributed by atoms with Crippen LogP contribution in [0.1, 0.15) is 28.2 Å². The van der Waals surface area contributed by atoms with Crippen LogP contribution in [-0.2, 0) is 11.0 Å². The number of carboxylic acids is 1. The summed E-state index contributed by atoms with van der Waals surface area (Å²) in [5, 5.41) is 9.09. The van der Waals surface area contributed by atoms with E-state index in [0.29, 0.717) is 22.8 Å². The van der Waals surface area contributed by atoms with E-state index in [4.69, 9.17) is 14.6 Å². The average molecular weight is 364 g/mol. The first-order chi connectivity index (χ1) is 12.2. The Morgan fingerprint density at radius 1 is 1.15 bits per heavy atom. The second-order valence-corrected chi connectivity index (χ2v) is 6.63. The van der Waals surface area contributed by atoms with Crippen molar-refractivity contribution in [1.82, 2.24) is 0 Å². The Morgan fingerprint density at radius 2 is 1.88 bits per heavy atom. The van der Waals surface area contributed by atoms with Crippen LogP contribution in [0.5, 0.6) is 17.2 Å². The molecule has 1 fully saturated rings. The quantitative estimate of drug-likeness (QED) is 0.860. The van der Waals surface area contributed by atoms with E-state index in [-0.39, 0.29) is 17.6 Å². The van der Waals surface area contributed by atoms with Crippen molar-refractivity contribution in [2.75, 3.05) is 0 Å². The molecule has 0 saturated heterocycles. The molecular formula is C19H15F3O4. The molecule has 2 aliphatic rings. The van der Waals surface area contributed by atoms with Crippen molar-refractivity contribution in [2.45, 2.75) is 32.0 Å². The summed E-state index contributed by atoms with van der Waals surface area (Å²) < 4.78 is 50.3. The number of hydrogen-bond donors (Lipinski definition) is 1. The lowest BCUT2D eigenvalue weighted by atomic mass is 10.0. The van der Waals surface area contributed by atoms with Crippen LogP contribution in [0.4, 0.5) is 13.2 Å². The molecule has 1 saturated carbocycles. The highest BCUT2D eigenvalue weighted by Crippen LogP contribution is 2.59. The fraction of sp³-hybridized carbons (Fsp3) is 0.316. The molecule has 7 heteroatoms. The topological polar surface area (TPSA) is 55.8 Å². The molecule has 0 spiro atoms. The molecule has 0 amide bonds. The summed E-state index contributed by atoms with van der Waals surface area (Å²) in [5.74, 6) is -0.181. The summed E-state index contributed by atoms with van der Waals surface area (Å²) in [6.07, 6.45) is -4.75. The fourth-order valence-corrected chi connectivity index (χ4v) is 3.54. The second kappa shape index (κ2) is 5.40. The minimum Gasteiger partial charge on any atom is -0.488 e. The molecule has 3 unspecified atom stereocenters.